The summed E-state index contributed by atoms with van der Waals surface area (Å²) in [5, 5.41) is -3.42. The first-order valence-electron chi connectivity index (χ1n) is 9.35. The first-order valence-corrected chi connectivity index (χ1v) is 13.6. The molecule has 0 fully saturated rings. The number of ether oxygens (including phenoxy) is 1. The number of Topliss-reactive ketones (excluding diaryl/α,β-unsaturated/α-hetero) is 2. The van der Waals surface area contributed by atoms with Crippen molar-refractivity contribution in [3.63, 3.8) is 0 Å². The van der Waals surface area contributed by atoms with Crippen LogP contribution in [0.3, 0.4) is 0 Å². The van der Waals surface area contributed by atoms with Crippen LogP contribution in [0.15, 0.2) is 76.7 Å². The zero-order chi connectivity index (χ0) is 26.0. The minimum atomic E-state index is -6.42. The van der Waals surface area contributed by atoms with Crippen molar-refractivity contribution < 1.29 is 207 Å². The average Bonchev–Trinajstić information content (AvgIpc) is 2.75. The molecule has 2 unspecified atom stereocenters. The maximum atomic E-state index is 13.3. The first-order chi connectivity index (χ1) is 16.1. The average molecular weight is 657 g/mol. The summed E-state index contributed by atoms with van der Waals surface area (Å²) in [5.74, 6) is -3.15. The minimum Gasteiger partial charge on any atom is -0.747 e. The summed E-state index contributed by atoms with van der Waals surface area (Å²) >= 11 is 0. The van der Waals surface area contributed by atoms with Crippen LogP contribution >= 0.6 is 0 Å². The molecule has 184 valence electrons. The maximum Gasteiger partial charge on any atom is 1.00 e. The SMILES string of the molecule is O=C1C2=C(C(=O)c3ccccc31)C(S(=O)(=O)[O-])C(Oc1ccccc1)(S(=O)(=O)[O-])C(S(=O)(=O)[O-])=C2.[K+].[K+].[K+]. The Morgan fingerprint density at radius 3 is 1.63 bits per heavy atom. The number of carbonyl (C=O) groups is 2. The normalized spacial score (nSPS) is 21.0. The molecule has 2 atom stereocenters. The second-order valence-electron chi connectivity index (χ2n) is 7.40. The Bertz CT molecular complexity index is 1680. The number of ketones is 2. The van der Waals surface area contributed by atoms with Gasteiger partial charge in [0.2, 0.25) is 0 Å². The third-order valence-electron chi connectivity index (χ3n) is 5.36. The van der Waals surface area contributed by atoms with E-state index in [4.69, 9.17) is 4.74 Å². The van der Waals surface area contributed by atoms with E-state index in [1.807, 2.05) is 0 Å². The van der Waals surface area contributed by atoms with Crippen molar-refractivity contribution in [2.75, 3.05) is 0 Å². The topological polar surface area (TPSA) is 215 Å². The molecule has 0 aromatic heterocycles. The molecule has 2 aliphatic carbocycles. The molecule has 2 aromatic rings. The molecule has 0 bridgehead atoms. The summed E-state index contributed by atoms with van der Waals surface area (Å²) in [6.45, 7) is 0. The summed E-state index contributed by atoms with van der Waals surface area (Å²) in [6.07, 6.45) is 0.105. The van der Waals surface area contributed by atoms with Crippen LogP contribution in [0.4, 0.5) is 0 Å². The van der Waals surface area contributed by atoms with Crippen molar-refractivity contribution in [1.29, 1.82) is 0 Å². The number of rotatable bonds is 5. The Morgan fingerprint density at radius 2 is 1.18 bits per heavy atom. The quantitative estimate of drug-likeness (QED) is 0.217. The predicted molar refractivity (Wildman–Crippen MR) is 113 cm³/mol. The Hall–Kier alpha value is 1.70. The molecule has 0 N–H and O–H groups in total. The van der Waals surface area contributed by atoms with Gasteiger partial charge in [-0.2, -0.15) is 0 Å². The van der Waals surface area contributed by atoms with E-state index in [0.717, 1.165) is 24.3 Å². The van der Waals surface area contributed by atoms with Gasteiger partial charge in [0.15, 0.2) is 11.6 Å². The van der Waals surface area contributed by atoms with Crippen LogP contribution in [0.2, 0.25) is 0 Å². The van der Waals surface area contributed by atoms with Gasteiger partial charge in [-0.1, -0.05) is 42.5 Å². The van der Waals surface area contributed by atoms with Gasteiger partial charge in [0.1, 0.15) is 41.4 Å². The van der Waals surface area contributed by atoms with Crippen molar-refractivity contribution in [1.82, 2.24) is 0 Å². The standard InChI is InChI=1S/C20H14O12S3.3K/c21-17-12-8-4-5-9-13(12)18(22)16-14(17)10-15(33(23,24)25)20(35(29,30)31,19(16)34(26,27)28)32-11-6-2-1-3-7-11;;;/h1-10,19H,(H,23,24,25)(H,26,27,28)(H,29,30,31);;;/q;3*+1/p-3. The van der Waals surface area contributed by atoms with Gasteiger partial charge in [-0.05, 0) is 18.2 Å². The van der Waals surface area contributed by atoms with Gasteiger partial charge < -0.3 is 18.4 Å². The third kappa shape index (κ3) is 6.75. The first kappa shape index (κ1) is 37.7. The second-order valence-corrected chi connectivity index (χ2v) is 11.7. The molecule has 0 amide bonds. The van der Waals surface area contributed by atoms with Gasteiger partial charge in [0.05, 0.1) is 4.91 Å². The van der Waals surface area contributed by atoms with Gasteiger partial charge in [0.25, 0.3) is 4.93 Å². The molecule has 0 saturated heterocycles. The molecule has 18 heteroatoms. The molecule has 0 radical (unpaired) electrons. The number of hydrogen-bond donors (Lipinski definition) is 0. The van der Waals surface area contributed by atoms with E-state index < -0.39 is 79.5 Å². The van der Waals surface area contributed by atoms with E-state index in [9.17, 15) is 48.5 Å². The van der Waals surface area contributed by atoms with Crippen molar-refractivity contribution in [2.24, 2.45) is 0 Å². The molecule has 0 heterocycles. The number of allylic oxidation sites excluding steroid dienone is 2. The summed E-state index contributed by atoms with van der Waals surface area (Å²) < 4.78 is 117. The van der Waals surface area contributed by atoms with Gasteiger partial charge in [-0.15, -0.1) is 0 Å². The number of para-hydroxylation sites is 1. The van der Waals surface area contributed by atoms with Gasteiger partial charge in [-0.25, -0.2) is 25.3 Å². The van der Waals surface area contributed by atoms with E-state index in [1.54, 1.807) is 0 Å². The molecule has 0 spiro atoms. The smallest absolute Gasteiger partial charge is 0.747 e. The Labute approximate surface area is 345 Å². The van der Waals surface area contributed by atoms with E-state index in [-0.39, 0.29) is 166 Å². The van der Waals surface area contributed by atoms with E-state index in [0.29, 0.717) is 0 Å². The van der Waals surface area contributed by atoms with E-state index >= 15 is 0 Å². The Kier molecular flexibility index (Phi) is 13.5. The van der Waals surface area contributed by atoms with Crippen LogP contribution < -0.4 is 159 Å². The second kappa shape index (κ2) is 13.6. The fraction of sp³-hybridized carbons (Fsp3) is 0.100. The van der Waals surface area contributed by atoms with Gasteiger partial charge >= 0.3 is 154 Å². The third-order valence-corrected chi connectivity index (χ3v) is 9.03. The predicted octanol–water partition coefficient (Wildman–Crippen LogP) is -8.95. The van der Waals surface area contributed by atoms with E-state index in [1.165, 1.54) is 30.3 Å². The zero-order valence-corrected chi connectivity index (χ0v) is 31.8. The fourth-order valence-corrected chi connectivity index (χ4v) is 8.15. The molecule has 4 rings (SSSR count). The number of carbonyl (C=O) groups excluding carboxylic acids is 2. The van der Waals surface area contributed by atoms with Crippen molar-refractivity contribution >= 4 is 41.9 Å². The van der Waals surface area contributed by atoms with Crippen molar-refractivity contribution in [3.05, 3.63) is 87.9 Å². The van der Waals surface area contributed by atoms with Gasteiger partial charge in [0, 0.05) is 22.3 Å². The van der Waals surface area contributed by atoms with Crippen molar-refractivity contribution in [3.8, 4) is 5.75 Å². The monoisotopic (exact) mass is 656 g/mol. The molecule has 0 aliphatic heterocycles. The van der Waals surface area contributed by atoms with Crippen LogP contribution in [-0.4, -0.2) is 60.7 Å². The molecule has 2 aliphatic rings. The Balaban J connectivity index is 0.00000241. The summed E-state index contributed by atoms with van der Waals surface area (Å²) in [5.41, 5.74) is -3.11. The fourth-order valence-electron chi connectivity index (χ4n) is 4.02. The maximum absolute atomic E-state index is 13.3. The summed E-state index contributed by atoms with van der Waals surface area (Å²) in [6, 6.07) is 10.6. The number of benzene rings is 2. The molecular weight excluding hydrogens is 646 g/mol. The van der Waals surface area contributed by atoms with Crippen LogP contribution in [0.25, 0.3) is 0 Å². The molecular formula is C20H11K3O12S3. The largest absolute Gasteiger partial charge is 1.00 e. The number of hydrogen-bond acceptors (Lipinski definition) is 12. The summed E-state index contributed by atoms with van der Waals surface area (Å²) in [4.78, 5) is 20.0. The molecule has 0 saturated carbocycles. The zero-order valence-electron chi connectivity index (χ0n) is 20.0. The molecule has 2 aromatic carbocycles. The van der Waals surface area contributed by atoms with Gasteiger partial charge in [-0.3, -0.25) is 9.59 Å². The van der Waals surface area contributed by atoms with Crippen LogP contribution in [0.1, 0.15) is 20.7 Å². The minimum absolute atomic E-state index is 0. The van der Waals surface area contributed by atoms with Crippen LogP contribution in [0, 0.1) is 0 Å². The molecule has 12 nitrogen and oxygen atoms in total. The van der Waals surface area contributed by atoms with Crippen molar-refractivity contribution in [2.45, 2.75) is 10.2 Å². The Morgan fingerprint density at radius 1 is 0.711 bits per heavy atom. The van der Waals surface area contributed by atoms with Crippen LogP contribution in [0.5, 0.6) is 5.75 Å². The number of fused-ring (bicyclic) bond motifs is 1. The summed E-state index contributed by atoms with van der Waals surface area (Å²) in [7, 11) is -18.7. The van der Waals surface area contributed by atoms with E-state index in [2.05, 4.69) is 0 Å². The van der Waals surface area contributed by atoms with Crippen LogP contribution in [-0.2, 0) is 30.4 Å². The molecule has 38 heavy (non-hydrogen) atoms.